The van der Waals surface area contributed by atoms with Crippen molar-refractivity contribution in [1.82, 2.24) is 9.55 Å². The van der Waals surface area contributed by atoms with Crippen LogP contribution in [0.3, 0.4) is 0 Å². The minimum Gasteiger partial charge on any atom is -0.458 e. The molecule has 4 nitrogen and oxygen atoms in total. The molecule has 1 aromatic heterocycles. The second-order valence-electron chi connectivity index (χ2n) is 4.90. The van der Waals surface area contributed by atoms with E-state index in [2.05, 4.69) is 4.98 Å². The van der Waals surface area contributed by atoms with E-state index in [1.165, 1.54) is 0 Å². The number of ether oxygens (including phenoxy) is 1. The number of carbonyl (C=O) groups excluding carboxylic acids is 1. The Balaban J connectivity index is 2.22. The molecular formula is C16H20N2O2. The summed E-state index contributed by atoms with van der Waals surface area (Å²) in [6, 6.07) is 10.1. The highest BCUT2D eigenvalue weighted by Gasteiger charge is 2.19. The summed E-state index contributed by atoms with van der Waals surface area (Å²) in [6.45, 7) is 5.91. The lowest BCUT2D eigenvalue weighted by molar-refractivity contribution is 0.0321. The van der Waals surface area contributed by atoms with Crippen LogP contribution in [-0.2, 0) is 4.74 Å². The number of hydrogen-bond acceptors (Lipinski definition) is 3. The summed E-state index contributed by atoms with van der Waals surface area (Å²) >= 11 is 0. The van der Waals surface area contributed by atoms with Crippen molar-refractivity contribution in [2.45, 2.75) is 39.3 Å². The number of hydrogen-bond donors (Lipinski definition) is 0. The fourth-order valence-corrected chi connectivity index (χ4v) is 1.99. The molecule has 0 bridgehead atoms. The summed E-state index contributed by atoms with van der Waals surface area (Å²) < 4.78 is 7.22. The summed E-state index contributed by atoms with van der Waals surface area (Å²) in [5, 5.41) is 0. The van der Waals surface area contributed by atoms with Gasteiger partial charge in [0, 0.05) is 0 Å². The van der Waals surface area contributed by atoms with Crippen molar-refractivity contribution in [3.63, 3.8) is 0 Å². The number of esters is 1. The van der Waals surface area contributed by atoms with Crippen molar-refractivity contribution in [1.29, 1.82) is 0 Å². The molecule has 0 aliphatic rings. The first kappa shape index (κ1) is 14.3. The van der Waals surface area contributed by atoms with Crippen LogP contribution >= 0.6 is 0 Å². The lowest BCUT2D eigenvalue weighted by atomic mass is 10.1. The van der Waals surface area contributed by atoms with E-state index in [1.807, 2.05) is 55.7 Å². The maximum absolute atomic E-state index is 12.1. The highest BCUT2D eigenvalue weighted by Crippen LogP contribution is 2.20. The van der Waals surface area contributed by atoms with Crippen molar-refractivity contribution in [3.05, 3.63) is 54.1 Å². The summed E-state index contributed by atoms with van der Waals surface area (Å²) in [5.74, 6) is -0.320. The molecule has 0 spiro atoms. The Morgan fingerprint density at radius 3 is 2.65 bits per heavy atom. The quantitative estimate of drug-likeness (QED) is 0.783. The van der Waals surface area contributed by atoms with Gasteiger partial charge < -0.3 is 9.30 Å². The van der Waals surface area contributed by atoms with E-state index in [-0.39, 0.29) is 18.1 Å². The van der Waals surface area contributed by atoms with Crippen LogP contribution in [0, 0.1) is 0 Å². The zero-order chi connectivity index (χ0) is 14.5. The molecule has 4 heteroatoms. The van der Waals surface area contributed by atoms with Crippen molar-refractivity contribution in [2.24, 2.45) is 0 Å². The van der Waals surface area contributed by atoms with Gasteiger partial charge in [0.25, 0.3) is 0 Å². The zero-order valence-corrected chi connectivity index (χ0v) is 12.1. The van der Waals surface area contributed by atoms with E-state index < -0.39 is 0 Å². The Morgan fingerprint density at radius 2 is 2.00 bits per heavy atom. The molecule has 20 heavy (non-hydrogen) atoms. The number of carbonyl (C=O) groups is 1. The highest BCUT2D eigenvalue weighted by molar-refractivity contribution is 5.87. The van der Waals surface area contributed by atoms with Gasteiger partial charge in [-0.1, -0.05) is 37.3 Å². The van der Waals surface area contributed by atoms with Gasteiger partial charge in [-0.2, -0.15) is 0 Å². The van der Waals surface area contributed by atoms with E-state index in [1.54, 1.807) is 12.5 Å². The number of rotatable bonds is 5. The van der Waals surface area contributed by atoms with Gasteiger partial charge in [-0.3, -0.25) is 0 Å². The van der Waals surface area contributed by atoms with Crippen molar-refractivity contribution < 1.29 is 9.53 Å². The predicted octanol–water partition coefficient (Wildman–Crippen LogP) is 3.45. The molecule has 0 amide bonds. The van der Waals surface area contributed by atoms with Crippen LogP contribution in [0.4, 0.5) is 0 Å². The largest absolute Gasteiger partial charge is 0.458 e. The number of benzene rings is 1. The van der Waals surface area contributed by atoms with Crippen LogP contribution in [0.1, 0.15) is 49.3 Å². The molecule has 1 aromatic carbocycles. The second-order valence-corrected chi connectivity index (χ2v) is 4.90. The monoisotopic (exact) mass is 272 g/mol. The third-order valence-electron chi connectivity index (χ3n) is 3.46. The van der Waals surface area contributed by atoms with Crippen LogP contribution in [-0.4, -0.2) is 21.6 Å². The van der Waals surface area contributed by atoms with E-state index in [0.717, 1.165) is 12.0 Å². The molecule has 0 fully saturated rings. The first-order valence-electron chi connectivity index (χ1n) is 6.91. The maximum atomic E-state index is 12.1. The van der Waals surface area contributed by atoms with Crippen LogP contribution in [0.15, 0.2) is 42.9 Å². The molecule has 2 rings (SSSR count). The SMILES string of the molecule is CCC(C)OC(=O)c1cncn1[C@H](C)c1ccccc1. The predicted molar refractivity (Wildman–Crippen MR) is 77.7 cm³/mol. The van der Waals surface area contributed by atoms with E-state index in [0.29, 0.717) is 5.69 Å². The third-order valence-corrected chi connectivity index (χ3v) is 3.46. The fourth-order valence-electron chi connectivity index (χ4n) is 1.99. The van der Waals surface area contributed by atoms with Gasteiger partial charge >= 0.3 is 5.97 Å². The Hall–Kier alpha value is -2.10. The van der Waals surface area contributed by atoms with E-state index in [4.69, 9.17) is 4.74 Å². The molecule has 1 unspecified atom stereocenters. The van der Waals surface area contributed by atoms with Gasteiger partial charge in [0.2, 0.25) is 0 Å². The Morgan fingerprint density at radius 1 is 1.30 bits per heavy atom. The molecule has 1 heterocycles. The molecule has 0 saturated heterocycles. The van der Waals surface area contributed by atoms with Crippen molar-refractivity contribution in [3.8, 4) is 0 Å². The average Bonchev–Trinajstić information content (AvgIpc) is 2.96. The summed E-state index contributed by atoms with van der Waals surface area (Å²) in [4.78, 5) is 16.2. The number of nitrogens with zero attached hydrogens (tertiary/aromatic N) is 2. The zero-order valence-electron chi connectivity index (χ0n) is 12.1. The summed E-state index contributed by atoms with van der Waals surface area (Å²) in [5.41, 5.74) is 1.62. The lowest BCUT2D eigenvalue weighted by Crippen LogP contribution is -2.19. The minimum absolute atomic E-state index is 0.0400. The molecule has 106 valence electrons. The minimum atomic E-state index is -0.320. The fraction of sp³-hybridized carbons (Fsp3) is 0.375. The van der Waals surface area contributed by atoms with Gasteiger partial charge in [0.1, 0.15) is 5.69 Å². The number of imidazole rings is 1. The second kappa shape index (κ2) is 6.37. The summed E-state index contributed by atoms with van der Waals surface area (Å²) in [7, 11) is 0. The third kappa shape index (κ3) is 3.07. The van der Waals surface area contributed by atoms with Gasteiger partial charge in [0.15, 0.2) is 0 Å². The molecule has 2 atom stereocenters. The Kier molecular flexibility index (Phi) is 4.56. The molecule has 0 saturated carbocycles. The van der Waals surface area contributed by atoms with Crippen LogP contribution in [0.5, 0.6) is 0 Å². The number of aromatic nitrogens is 2. The molecule has 0 aliphatic heterocycles. The van der Waals surface area contributed by atoms with E-state index >= 15 is 0 Å². The smallest absolute Gasteiger partial charge is 0.356 e. The highest BCUT2D eigenvalue weighted by atomic mass is 16.5. The van der Waals surface area contributed by atoms with Gasteiger partial charge in [0.05, 0.1) is 24.7 Å². The van der Waals surface area contributed by atoms with Crippen LogP contribution < -0.4 is 0 Å². The van der Waals surface area contributed by atoms with Crippen LogP contribution in [0.2, 0.25) is 0 Å². The molecule has 0 N–H and O–H groups in total. The van der Waals surface area contributed by atoms with Gasteiger partial charge in [-0.25, -0.2) is 9.78 Å². The summed E-state index contributed by atoms with van der Waals surface area (Å²) in [6.07, 6.45) is 3.95. The maximum Gasteiger partial charge on any atom is 0.356 e. The standard InChI is InChI=1S/C16H20N2O2/c1-4-12(2)20-16(19)15-10-17-11-18(15)13(3)14-8-6-5-7-9-14/h5-13H,4H2,1-3H3/t12?,13-/m1/s1. The Labute approximate surface area is 119 Å². The average molecular weight is 272 g/mol. The molecular weight excluding hydrogens is 252 g/mol. The first-order chi connectivity index (χ1) is 9.63. The van der Waals surface area contributed by atoms with Crippen LogP contribution in [0.25, 0.3) is 0 Å². The normalized spacial score (nSPS) is 13.8. The van der Waals surface area contributed by atoms with Gasteiger partial charge in [-0.05, 0) is 25.8 Å². The topological polar surface area (TPSA) is 44.1 Å². The molecule has 0 radical (unpaired) electrons. The van der Waals surface area contributed by atoms with Gasteiger partial charge in [-0.15, -0.1) is 0 Å². The molecule has 2 aromatic rings. The van der Waals surface area contributed by atoms with E-state index in [9.17, 15) is 4.79 Å². The molecule has 0 aliphatic carbocycles. The Bertz CT molecular complexity index is 563. The van der Waals surface area contributed by atoms with Crippen molar-refractivity contribution in [2.75, 3.05) is 0 Å². The van der Waals surface area contributed by atoms with Crippen molar-refractivity contribution >= 4 is 5.97 Å². The lowest BCUT2D eigenvalue weighted by Gasteiger charge is -2.17. The first-order valence-corrected chi connectivity index (χ1v) is 6.91.